The molecule has 3 N–H and O–H groups in total. The van der Waals surface area contributed by atoms with E-state index in [0.29, 0.717) is 17.0 Å². The first-order chi connectivity index (χ1) is 9.51. The lowest BCUT2D eigenvalue weighted by Crippen LogP contribution is -2.29. The molecule has 0 bridgehead atoms. The first-order valence-electron chi connectivity index (χ1n) is 5.86. The molecule has 6 heteroatoms. The van der Waals surface area contributed by atoms with E-state index in [1.54, 1.807) is 18.2 Å². The molecule has 0 aliphatic carbocycles. The predicted molar refractivity (Wildman–Crippen MR) is 87.0 cm³/mol. The third-order valence-corrected chi connectivity index (χ3v) is 4.69. The van der Waals surface area contributed by atoms with Gasteiger partial charge >= 0.3 is 0 Å². The van der Waals surface area contributed by atoms with Gasteiger partial charge in [0.05, 0.1) is 11.1 Å². The Labute approximate surface area is 138 Å². The molecule has 2 nitrogen and oxygen atoms in total. The molecule has 106 valence electrons. The summed E-state index contributed by atoms with van der Waals surface area (Å²) in [6.07, 6.45) is 0.440. The third-order valence-electron chi connectivity index (χ3n) is 2.98. The third kappa shape index (κ3) is 3.80. The van der Waals surface area contributed by atoms with E-state index in [9.17, 15) is 4.39 Å². The minimum absolute atomic E-state index is 0.202. The SMILES string of the molecule is NNC(Cc1cc(Br)ccc1F)c1ccc(Cl)c(Br)c1. The Morgan fingerprint density at radius 2 is 1.95 bits per heavy atom. The summed E-state index contributed by atoms with van der Waals surface area (Å²) in [4.78, 5) is 0. The number of hydrazine groups is 1. The highest BCUT2D eigenvalue weighted by atomic mass is 79.9. The molecule has 0 aliphatic rings. The number of nitrogens with two attached hydrogens (primary N) is 1. The molecule has 2 aromatic carbocycles. The van der Waals surface area contributed by atoms with Crippen LogP contribution in [0.25, 0.3) is 0 Å². The fraction of sp³-hybridized carbons (Fsp3) is 0.143. The maximum absolute atomic E-state index is 13.8. The van der Waals surface area contributed by atoms with Crippen LogP contribution in [0.15, 0.2) is 45.3 Å². The molecule has 1 unspecified atom stereocenters. The lowest BCUT2D eigenvalue weighted by Gasteiger charge is -2.17. The van der Waals surface area contributed by atoms with Gasteiger partial charge in [-0.1, -0.05) is 33.6 Å². The fourth-order valence-corrected chi connectivity index (χ4v) is 2.84. The van der Waals surface area contributed by atoms with Crippen LogP contribution in [-0.2, 0) is 6.42 Å². The molecule has 0 aliphatic heterocycles. The van der Waals surface area contributed by atoms with Crippen molar-refractivity contribution in [2.45, 2.75) is 12.5 Å². The highest BCUT2D eigenvalue weighted by molar-refractivity contribution is 9.10. The summed E-state index contributed by atoms with van der Waals surface area (Å²) in [6, 6.07) is 10.2. The Kier molecular flexibility index (Phi) is 5.57. The molecule has 0 saturated carbocycles. The minimum Gasteiger partial charge on any atom is -0.271 e. The van der Waals surface area contributed by atoms with Crippen molar-refractivity contribution < 1.29 is 4.39 Å². The molecular formula is C14H12Br2ClFN2. The molecule has 0 heterocycles. The van der Waals surface area contributed by atoms with Crippen molar-refractivity contribution in [1.29, 1.82) is 0 Å². The average molecular weight is 423 g/mol. The van der Waals surface area contributed by atoms with Crippen LogP contribution in [0.2, 0.25) is 5.02 Å². The second-order valence-electron chi connectivity index (χ2n) is 4.33. The zero-order chi connectivity index (χ0) is 14.7. The zero-order valence-electron chi connectivity index (χ0n) is 10.3. The highest BCUT2D eigenvalue weighted by Crippen LogP contribution is 2.28. The Balaban J connectivity index is 2.28. The highest BCUT2D eigenvalue weighted by Gasteiger charge is 2.14. The van der Waals surface area contributed by atoms with E-state index in [1.807, 2.05) is 12.1 Å². The Bertz CT molecular complexity index is 622. The van der Waals surface area contributed by atoms with Gasteiger partial charge in [0.25, 0.3) is 0 Å². The lowest BCUT2D eigenvalue weighted by atomic mass is 9.99. The maximum Gasteiger partial charge on any atom is 0.126 e. The molecule has 0 fully saturated rings. The number of halogens is 4. The Morgan fingerprint density at radius 1 is 1.20 bits per heavy atom. The van der Waals surface area contributed by atoms with Crippen LogP contribution in [0.5, 0.6) is 0 Å². The summed E-state index contributed by atoms with van der Waals surface area (Å²) in [5, 5.41) is 0.623. The topological polar surface area (TPSA) is 38.0 Å². The van der Waals surface area contributed by atoms with Gasteiger partial charge in [-0.05, 0) is 63.8 Å². The number of rotatable bonds is 4. The molecule has 20 heavy (non-hydrogen) atoms. The van der Waals surface area contributed by atoms with Gasteiger partial charge in [-0.15, -0.1) is 0 Å². The molecular weight excluding hydrogens is 410 g/mol. The quantitative estimate of drug-likeness (QED) is 0.551. The van der Waals surface area contributed by atoms with Crippen LogP contribution in [0.1, 0.15) is 17.2 Å². The number of nitrogens with one attached hydrogen (secondary N) is 1. The van der Waals surface area contributed by atoms with Crippen LogP contribution >= 0.6 is 43.5 Å². The van der Waals surface area contributed by atoms with Crippen molar-refractivity contribution in [3.63, 3.8) is 0 Å². The summed E-state index contributed by atoms with van der Waals surface area (Å²) in [7, 11) is 0. The van der Waals surface area contributed by atoms with Gasteiger partial charge in [-0.2, -0.15) is 0 Å². The number of benzene rings is 2. The minimum atomic E-state index is -0.249. The Hall–Kier alpha value is -0.460. The van der Waals surface area contributed by atoms with Crippen molar-refractivity contribution in [2.24, 2.45) is 5.84 Å². The molecule has 2 aromatic rings. The molecule has 0 radical (unpaired) electrons. The van der Waals surface area contributed by atoms with E-state index in [-0.39, 0.29) is 11.9 Å². The predicted octanol–water partition coefficient (Wildman–Crippen LogP) is 4.75. The van der Waals surface area contributed by atoms with E-state index in [4.69, 9.17) is 17.4 Å². The summed E-state index contributed by atoms with van der Waals surface area (Å²) in [6.45, 7) is 0. The number of hydrogen-bond donors (Lipinski definition) is 2. The van der Waals surface area contributed by atoms with Crippen molar-refractivity contribution >= 4 is 43.5 Å². The number of hydrogen-bond acceptors (Lipinski definition) is 2. The van der Waals surface area contributed by atoms with Crippen molar-refractivity contribution in [3.8, 4) is 0 Å². The molecule has 0 saturated heterocycles. The summed E-state index contributed by atoms with van der Waals surface area (Å²) in [5.74, 6) is 5.35. The van der Waals surface area contributed by atoms with Gasteiger partial charge in [0, 0.05) is 8.95 Å². The van der Waals surface area contributed by atoms with Gasteiger partial charge in [-0.3, -0.25) is 11.3 Å². The second kappa shape index (κ2) is 7.00. The first kappa shape index (κ1) is 15.9. The monoisotopic (exact) mass is 420 g/mol. The van der Waals surface area contributed by atoms with Crippen molar-refractivity contribution in [1.82, 2.24) is 5.43 Å². The fourth-order valence-electron chi connectivity index (χ4n) is 1.92. The smallest absolute Gasteiger partial charge is 0.126 e. The molecule has 0 spiro atoms. The standard InChI is InChI=1S/C14H12Br2ClFN2/c15-10-2-4-13(18)9(5-10)7-14(20-19)8-1-3-12(17)11(16)6-8/h1-6,14,20H,7,19H2. The summed E-state index contributed by atoms with van der Waals surface area (Å²) < 4.78 is 15.4. The van der Waals surface area contributed by atoms with Crippen LogP contribution < -0.4 is 11.3 Å². The molecule has 0 amide bonds. The summed E-state index contributed by atoms with van der Waals surface area (Å²) >= 11 is 12.7. The van der Waals surface area contributed by atoms with E-state index < -0.39 is 0 Å². The van der Waals surface area contributed by atoms with Crippen molar-refractivity contribution in [2.75, 3.05) is 0 Å². The maximum atomic E-state index is 13.8. The zero-order valence-corrected chi connectivity index (χ0v) is 14.3. The Morgan fingerprint density at radius 3 is 2.60 bits per heavy atom. The average Bonchev–Trinajstić information content (AvgIpc) is 2.43. The van der Waals surface area contributed by atoms with E-state index >= 15 is 0 Å². The van der Waals surface area contributed by atoms with Crippen molar-refractivity contribution in [3.05, 3.63) is 67.3 Å². The van der Waals surface area contributed by atoms with Crippen LogP contribution in [-0.4, -0.2) is 0 Å². The lowest BCUT2D eigenvalue weighted by molar-refractivity contribution is 0.529. The van der Waals surface area contributed by atoms with Crippen LogP contribution in [0.4, 0.5) is 4.39 Å². The van der Waals surface area contributed by atoms with Crippen LogP contribution in [0, 0.1) is 5.82 Å². The summed E-state index contributed by atoms with van der Waals surface area (Å²) in [5.41, 5.74) is 4.24. The molecule has 1 atom stereocenters. The van der Waals surface area contributed by atoms with Gasteiger partial charge < -0.3 is 0 Å². The van der Waals surface area contributed by atoms with Crippen LogP contribution in [0.3, 0.4) is 0 Å². The van der Waals surface area contributed by atoms with E-state index in [0.717, 1.165) is 14.5 Å². The van der Waals surface area contributed by atoms with Gasteiger partial charge in [0.1, 0.15) is 5.82 Å². The van der Waals surface area contributed by atoms with Gasteiger partial charge in [0.2, 0.25) is 0 Å². The molecule has 0 aromatic heterocycles. The molecule has 2 rings (SSSR count). The normalized spacial score (nSPS) is 12.4. The largest absolute Gasteiger partial charge is 0.271 e. The second-order valence-corrected chi connectivity index (χ2v) is 6.51. The van der Waals surface area contributed by atoms with Gasteiger partial charge in [0.15, 0.2) is 0 Å². The van der Waals surface area contributed by atoms with E-state index in [1.165, 1.54) is 6.07 Å². The van der Waals surface area contributed by atoms with E-state index in [2.05, 4.69) is 37.3 Å². The van der Waals surface area contributed by atoms with Gasteiger partial charge in [-0.25, -0.2) is 4.39 Å². The first-order valence-corrected chi connectivity index (χ1v) is 7.82.